The van der Waals surface area contributed by atoms with Crippen molar-refractivity contribution in [2.24, 2.45) is 0 Å². The van der Waals surface area contributed by atoms with Gasteiger partial charge in [-0.2, -0.15) is 0 Å². The summed E-state index contributed by atoms with van der Waals surface area (Å²) in [5, 5.41) is 0. The molecular weight excluding hydrogens is 673 g/mol. The van der Waals surface area contributed by atoms with Gasteiger partial charge in [0.1, 0.15) is 0 Å². The quantitative estimate of drug-likeness (QED) is 0.0578. The maximum absolute atomic E-state index is 4.18. The summed E-state index contributed by atoms with van der Waals surface area (Å²) < 4.78 is 0. The number of aryl methyl sites for hydroxylation is 2. The lowest BCUT2D eigenvalue weighted by atomic mass is 9.90. The van der Waals surface area contributed by atoms with Gasteiger partial charge in [-0.1, -0.05) is 302 Å². The smallest absolute Gasteiger partial charge is 0.0273 e. The van der Waals surface area contributed by atoms with Gasteiger partial charge in [-0.05, 0) is 55.2 Å². The second-order valence-corrected chi connectivity index (χ2v) is 18.7. The summed E-state index contributed by atoms with van der Waals surface area (Å²) in [4.78, 5) is 0. The Morgan fingerprint density at radius 2 is 0.482 bits per heavy atom. The molecule has 0 saturated heterocycles. The first-order valence-corrected chi connectivity index (χ1v) is 26.7. The van der Waals surface area contributed by atoms with E-state index < -0.39 is 0 Å². The molecule has 0 fully saturated rings. The SMILES string of the molecule is [CH2]CCCc1c(CCCCCCCCCCCCCCCCCCCCCCC)cccc1CCCCCCCCCCCCCCCCCCCCCCC. The van der Waals surface area contributed by atoms with Crippen molar-refractivity contribution in [3.63, 3.8) is 0 Å². The second kappa shape index (κ2) is 45.3. The Bertz CT molecular complexity index is 803. The van der Waals surface area contributed by atoms with Gasteiger partial charge in [-0.3, -0.25) is 0 Å². The summed E-state index contributed by atoms with van der Waals surface area (Å²) in [5.74, 6) is 0. The molecule has 0 heterocycles. The van der Waals surface area contributed by atoms with E-state index in [1.54, 1.807) is 16.7 Å². The highest BCUT2D eigenvalue weighted by atomic mass is 14.1. The minimum absolute atomic E-state index is 1.06. The summed E-state index contributed by atoms with van der Waals surface area (Å²) >= 11 is 0. The largest absolute Gasteiger partial charge is 0.0654 e. The first kappa shape index (κ1) is 53.2. The number of benzene rings is 1. The van der Waals surface area contributed by atoms with E-state index in [9.17, 15) is 0 Å². The van der Waals surface area contributed by atoms with Crippen LogP contribution in [0.3, 0.4) is 0 Å². The van der Waals surface area contributed by atoms with Crippen LogP contribution in [0.4, 0.5) is 0 Å². The van der Waals surface area contributed by atoms with E-state index in [0.717, 1.165) is 6.42 Å². The minimum atomic E-state index is 1.06. The van der Waals surface area contributed by atoms with Crippen molar-refractivity contribution >= 4 is 0 Å². The summed E-state index contributed by atoms with van der Waals surface area (Å²) in [6.07, 6.45) is 67.4. The Labute approximate surface area is 356 Å². The zero-order valence-electron chi connectivity index (χ0n) is 39.2. The predicted octanol–water partition coefficient (Wildman–Crippen LogP) is 20.4. The molecule has 0 nitrogen and oxygen atoms in total. The van der Waals surface area contributed by atoms with E-state index in [2.05, 4.69) is 39.0 Å². The lowest BCUT2D eigenvalue weighted by Crippen LogP contribution is -2.02. The second-order valence-electron chi connectivity index (χ2n) is 18.7. The Morgan fingerprint density at radius 3 is 0.696 bits per heavy atom. The van der Waals surface area contributed by atoms with Crippen LogP contribution in [-0.2, 0) is 19.3 Å². The molecule has 1 aromatic rings. The molecule has 1 radical (unpaired) electrons. The molecule has 0 aliphatic rings. The van der Waals surface area contributed by atoms with Gasteiger partial charge in [0.05, 0.1) is 0 Å². The first-order chi connectivity index (χ1) is 27.8. The van der Waals surface area contributed by atoms with E-state index in [-0.39, 0.29) is 0 Å². The van der Waals surface area contributed by atoms with Crippen molar-refractivity contribution in [2.45, 2.75) is 316 Å². The summed E-state index contributed by atoms with van der Waals surface area (Å²) in [7, 11) is 0. The van der Waals surface area contributed by atoms with E-state index >= 15 is 0 Å². The molecule has 0 N–H and O–H groups in total. The molecule has 0 aliphatic carbocycles. The minimum Gasteiger partial charge on any atom is -0.0654 e. The van der Waals surface area contributed by atoms with Crippen molar-refractivity contribution in [1.82, 2.24) is 0 Å². The number of hydrogen-bond acceptors (Lipinski definition) is 0. The molecule has 0 atom stereocenters. The first-order valence-electron chi connectivity index (χ1n) is 26.7. The molecule has 0 amide bonds. The van der Waals surface area contributed by atoms with Crippen LogP contribution in [0, 0.1) is 6.92 Å². The monoisotopic (exact) mass is 778 g/mol. The third kappa shape index (κ3) is 36.3. The maximum atomic E-state index is 4.18. The molecule has 0 saturated carbocycles. The van der Waals surface area contributed by atoms with Crippen LogP contribution in [0.25, 0.3) is 0 Å². The fourth-order valence-electron chi connectivity index (χ4n) is 9.27. The van der Waals surface area contributed by atoms with Crippen molar-refractivity contribution in [1.29, 1.82) is 0 Å². The van der Waals surface area contributed by atoms with Crippen LogP contribution in [0.15, 0.2) is 18.2 Å². The van der Waals surface area contributed by atoms with Crippen LogP contribution < -0.4 is 0 Å². The molecular formula is C56H105. The molecule has 1 rings (SSSR count). The van der Waals surface area contributed by atoms with Gasteiger partial charge in [-0.15, -0.1) is 0 Å². The van der Waals surface area contributed by atoms with Crippen molar-refractivity contribution in [3.05, 3.63) is 41.8 Å². The Morgan fingerprint density at radius 1 is 0.268 bits per heavy atom. The van der Waals surface area contributed by atoms with E-state index in [4.69, 9.17) is 0 Å². The Balaban J connectivity index is 1.98. The molecule has 1 aromatic carbocycles. The van der Waals surface area contributed by atoms with Crippen LogP contribution in [0.5, 0.6) is 0 Å². The van der Waals surface area contributed by atoms with Gasteiger partial charge in [0.25, 0.3) is 0 Å². The summed E-state index contributed by atoms with van der Waals surface area (Å²) in [6, 6.07) is 7.28. The van der Waals surface area contributed by atoms with E-state index in [1.165, 1.54) is 295 Å². The number of unbranched alkanes of at least 4 members (excludes halogenated alkanes) is 41. The van der Waals surface area contributed by atoms with Crippen LogP contribution in [0.2, 0.25) is 0 Å². The Hall–Kier alpha value is -0.780. The molecule has 329 valence electrons. The molecule has 0 spiro atoms. The fraction of sp³-hybridized carbons (Fsp3) is 0.875. The van der Waals surface area contributed by atoms with Crippen molar-refractivity contribution in [3.8, 4) is 0 Å². The third-order valence-corrected chi connectivity index (χ3v) is 13.1. The zero-order valence-corrected chi connectivity index (χ0v) is 39.2. The molecule has 0 unspecified atom stereocenters. The van der Waals surface area contributed by atoms with Gasteiger partial charge in [0, 0.05) is 0 Å². The van der Waals surface area contributed by atoms with Gasteiger partial charge in [0.15, 0.2) is 0 Å². The van der Waals surface area contributed by atoms with Crippen LogP contribution >= 0.6 is 0 Å². The highest BCUT2D eigenvalue weighted by molar-refractivity contribution is 5.36. The molecule has 0 heteroatoms. The van der Waals surface area contributed by atoms with Gasteiger partial charge >= 0.3 is 0 Å². The molecule has 0 bridgehead atoms. The van der Waals surface area contributed by atoms with Gasteiger partial charge in [-0.25, -0.2) is 0 Å². The average molecular weight is 778 g/mol. The average Bonchev–Trinajstić information content (AvgIpc) is 3.21. The zero-order chi connectivity index (χ0) is 40.1. The summed E-state index contributed by atoms with van der Waals surface area (Å²) in [6.45, 7) is 8.80. The topological polar surface area (TPSA) is 0 Å². The third-order valence-electron chi connectivity index (χ3n) is 13.1. The Kier molecular flexibility index (Phi) is 43.1. The van der Waals surface area contributed by atoms with Crippen LogP contribution in [-0.4, -0.2) is 0 Å². The standard InChI is InChI=1S/C56H105/c1-4-7-10-12-14-16-18-20-22-24-26-28-30-32-34-36-38-40-42-44-46-49-54-51-48-52-55(56(54)53-9-6-3)50-47-45-43-41-39-37-35-33-31-29-27-25-23-21-19-17-15-13-11-8-5-2/h48,51-52H,3-47,49-50,53H2,1-2H3. The fourth-order valence-corrected chi connectivity index (χ4v) is 9.27. The lowest BCUT2D eigenvalue weighted by Gasteiger charge is -2.15. The van der Waals surface area contributed by atoms with Crippen molar-refractivity contribution < 1.29 is 0 Å². The van der Waals surface area contributed by atoms with E-state index in [0.29, 0.717) is 0 Å². The highest BCUT2D eigenvalue weighted by Crippen LogP contribution is 2.24. The lowest BCUT2D eigenvalue weighted by molar-refractivity contribution is 0.520. The van der Waals surface area contributed by atoms with E-state index in [1.807, 2.05) is 0 Å². The molecule has 56 heavy (non-hydrogen) atoms. The summed E-state index contributed by atoms with van der Waals surface area (Å²) in [5.41, 5.74) is 5.03. The van der Waals surface area contributed by atoms with Gasteiger partial charge in [0.2, 0.25) is 0 Å². The van der Waals surface area contributed by atoms with Crippen molar-refractivity contribution in [2.75, 3.05) is 0 Å². The number of rotatable bonds is 47. The molecule has 0 aliphatic heterocycles. The molecule has 0 aromatic heterocycles. The van der Waals surface area contributed by atoms with Crippen LogP contribution in [0.1, 0.15) is 313 Å². The van der Waals surface area contributed by atoms with Gasteiger partial charge < -0.3 is 0 Å². The highest BCUT2D eigenvalue weighted by Gasteiger charge is 2.09. The normalized spacial score (nSPS) is 11.6. The maximum Gasteiger partial charge on any atom is -0.0273 e. The predicted molar refractivity (Wildman–Crippen MR) is 257 cm³/mol. The number of hydrogen-bond donors (Lipinski definition) is 0.